The molecule has 1 aromatic heterocycles. The minimum absolute atomic E-state index is 0.108. The van der Waals surface area contributed by atoms with Gasteiger partial charge >= 0.3 is 5.69 Å². The maximum absolute atomic E-state index is 13.5. The number of para-hydroxylation sites is 2. The number of hydrogen-bond acceptors (Lipinski definition) is 8. The highest BCUT2D eigenvalue weighted by atomic mass is 35.5. The lowest BCUT2D eigenvalue weighted by Crippen LogP contribution is -2.30. The number of aliphatic hydroxyl groups is 1. The van der Waals surface area contributed by atoms with Gasteiger partial charge in [0.05, 0.1) is 23.0 Å². The molecule has 0 bridgehead atoms. The van der Waals surface area contributed by atoms with Crippen molar-refractivity contribution < 1.29 is 14.7 Å². The number of nitrogens with one attached hydrogen (secondary N) is 2. The second-order valence-corrected chi connectivity index (χ2v) is 10.1. The van der Waals surface area contributed by atoms with Crippen LogP contribution >= 0.6 is 34.8 Å². The van der Waals surface area contributed by atoms with Crippen molar-refractivity contribution in [1.29, 1.82) is 0 Å². The molecule has 11 nitrogen and oxygen atoms in total. The summed E-state index contributed by atoms with van der Waals surface area (Å²) in [5.74, 6) is -1.80. The first-order valence-electron chi connectivity index (χ1n) is 12.0. The van der Waals surface area contributed by atoms with Gasteiger partial charge in [-0.3, -0.25) is 24.4 Å². The molecule has 1 unspecified atom stereocenters. The van der Waals surface area contributed by atoms with Crippen molar-refractivity contribution in [2.24, 2.45) is 5.10 Å². The topological polar surface area (TPSA) is 150 Å². The van der Waals surface area contributed by atoms with E-state index in [4.69, 9.17) is 34.8 Å². The van der Waals surface area contributed by atoms with E-state index >= 15 is 0 Å². The zero-order chi connectivity index (χ0) is 29.3. The number of aromatic amines is 1. The van der Waals surface area contributed by atoms with Crippen LogP contribution in [-0.2, 0) is 9.59 Å². The first-order chi connectivity index (χ1) is 19.7. The number of carbonyl (C=O) groups excluding carboxylic acids is 2. The highest BCUT2D eigenvalue weighted by Crippen LogP contribution is 2.40. The van der Waals surface area contributed by atoms with E-state index < -0.39 is 29.7 Å². The van der Waals surface area contributed by atoms with Crippen LogP contribution in [-0.4, -0.2) is 50.4 Å². The van der Waals surface area contributed by atoms with Crippen molar-refractivity contribution in [2.75, 3.05) is 23.5 Å². The predicted molar refractivity (Wildman–Crippen MR) is 156 cm³/mol. The third-order valence-corrected chi connectivity index (χ3v) is 7.07. The molecule has 1 aliphatic rings. The van der Waals surface area contributed by atoms with Gasteiger partial charge in [-0.2, -0.15) is 14.9 Å². The molecule has 2 heterocycles. The largest absolute Gasteiger partial charge is 0.387 e. The molecule has 0 saturated heterocycles. The molecule has 0 aliphatic carbocycles. The van der Waals surface area contributed by atoms with Crippen LogP contribution in [0.2, 0.25) is 15.1 Å². The normalized spacial score (nSPS) is 13.7. The van der Waals surface area contributed by atoms with Gasteiger partial charge in [0.25, 0.3) is 5.56 Å². The molecule has 14 heteroatoms. The van der Waals surface area contributed by atoms with Crippen LogP contribution in [0.25, 0.3) is 5.69 Å². The Hall–Kier alpha value is -4.29. The quantitative estimate of drug-likeness (QED) is 0.289. The van der Waals surface area contributed by atoms with Crippen molar-refractivity contribution in [3.05, 3.63) is 114 Å². The molecule has 3 N–H and O–H groups in total. The Bertz CT molecular complexity index is 1800. The number of carbonyl (C=O) groups is 2. The fraction of sp³-hybridized carbons (Fsp3) is 0.111. The molecule has 4 aromatic rings. The van der Waals surface area contributed by atoms with E-state index in [-0.39, 0.29) is 33.8 Å². The van der Waals surface area contributed by atoms with E-state index in [2.05, 4.69) is 20.5 Å². The third kappa shape index (κ3) is 5.79. The second-order valence-electron chi connectivity index (χ2n) is 8.85. The highest BCUT2D eigenvalue weighted by Gasteiger charge is 2.36. The monoisotopic (exact) mass is 612 g/mol. The summed E-state index contributed by atoms with van der Waals surface area (Å²) in [6.07, 6.45) is 0.939. The van der Waals surface area contributed by atoms with E-state index in [9.17, 15) is 24.3 Å². The van der Waals surface area contributed by atoms with E-state index in [1.807, 2.05) is 0 Å². The third-order valence-electron chi connectivity index (χ3n) is 6.19. The zero-order valence-electron chi connectivity index (χ0n) is 20.8. The Balaban J connectivity index is 1.64. The van der Waals surface area contributed by atoms with Gasteiger partial charge in [0.2, 0.25) is 11.7 Å². The number of aliphatic hydroxyl groups excluding tert-OH is 1. The van der Waals surface area contributed by atoms with E-state index in [1.54, 1.807) is 48.5 Å². The van der Waals surface area contributed by atoms with Gasteiger partial charge in [0, 0.05) is 20.6 Å². The number of amides is 1. The zero-order valence-corrected chi connectivity index (χ0v) is 23.1. The SMILES string of the molecule is O=C(CO)Nc1ccccc1N1CC(=O)C(C(c2ccc(Cl)cc2)c2c(Cl)cc(-n3ncc(=O)[nH]c3=O)cc2Cl)=N1. The number of halogens is 3. The first-order valence-corrected chi connectivity index (χ1v) is 13.1. The molecular weight excluding hydrogens is 595 g/mol. The lowest BCUT2D eigenvalue weighted by atomic mass is 9.85. The van der Waals surface area contributed by atoms with Crippen LogP contribution < -0.4 is 21.6 Å². The number of Topliss-reactive ketones (excluding diaryl/α,β-unsaturated/α-hetero) is 1. The lowest BCUT2D eigenvalue weighted by molar-refractivity contribution is -0.118. The summed E-state index contributed by atoms with van der Waals surface area (Å²) in [6.45, 7) is -0.858. The number of hydrogen-bond donors (Lipinski definition) is 3. The minimum atomic E-state index is -0.849. The molecule has 0 fully saturated rings. The summed E-state index contributed by atoms with van der Waals surface area (Å²) < 4.78 is 0.928. The number of benzene rings is 3. The Kier molecular flexibility index (Phi) is 8.04. The summed E-state index contributed by atoms with van der Waals surface area (Å²) in [5, 5.41) is 22.4. The fourth-order valence-electron chi connectivity index (χ4n) is 4.41. The number of aromatic nitrogens is 3. The van der Waals surface area contributed by atoms with E-state index in [1.165, 1.54) is 17.1 Å². The Labute approximate surface area is 246 Å². The molecule has 41 heavy (non-hydrogen) atoms. The van der Waals surface area contributed by atoms with Crippen molar-refractivity contribution >= 4 is 63.6 Å². The molecule has 0 saturated carbocycles. The maximum Gasteiger partial charge on any atom is 0.349 e. The predicted octanol–water partition coefficient (Wildman–Crippen LogP) is 3.39. The standard InChI is InChI=1S/C27H19Cl3N6O5/c28-15-7-5-14(6-8-15)24(25-17(29)9-16(10-18(25)30)36-27(41)33-22(39)11-31-36)26-21(38)12-35(34-26)20-4-2-1-3-19(20)32-23(40)13-37/h1-11,24,37H,12-13H2,(H,32,40)(H,33,39,41). The average Bonchev–Trinajstić information content (AvgIpc) is 3.32. The van der Waals surface area contributed by atoms with Gasteiger partial charge in [-0.1, -0.05) is 59.1 Å². The lowest BCUT2D eigenvalue weighted by Gasteiger charge is -2.21. The minimum Gasteiger partial charge on any atom is -0.387 e. The second kappa shape index (κ2) is 11.7. The van der Waals surface area contributed by atoms with Gasteiger partial charge in [-0.25, -0.2) is 4.79 Å². The average molecular weight is 614 g/mol. The smallest absolute Gasteiger partial charge is 0.349 e. The Morgan fingerprint density at radius 3 is 2.37 bits per heavy atom. The highest BCUT2D eigenvalue weighted by molar-refractivity contribution is 6.47. The number of ketones is 1. The molecule has 3 aromatic carbocycles. The molecule has 0 spiro atoms. The van der Waals surface area contributed by atoms with E-state index in [0.717, 1.165) is 10.9 Å². The number of nitrogens with zero attached hydrogens (tertiary/aromatic N) is 4. The van der Waals surface area contributed by atoms with Gasteiger partial charge < -0.3 is 10.4 Å². The van der Waals surface area contributed by atoms with Gasteiger partial charge in [0.1, 0.15) is 25.1 Å². The number of rotatable bonds is 7. The van der Waals surface area contributed by atoms with Gasteiger partial charge in [-0.15, -0.1) is 0 Å². The van der Waals surface area contributed by atoms with Crippen LogP contribution in [0.5, 0.6) is 0 Å². The van der Waals surface area contributed by atoms with Crippen molar-refractivity contribution in [3.63, 3.8) is 0 Å². The fourth-order valence-corrected chi connectivity index (χ4v) is 5.23. The summed E-state index contributed by atoms with van der Waals surface area (Å²) in [7, 11) is 0. The Morgan fingerprint density at radius 1 is 1.02 bits per heavy atom. The summed E-state index contributed by atoms with van der Waals surface area (Å²) in [5.41, 5.74) is 0.595. The van der Waals surface area contributed by atoms with Crippen LogP contribution in [0, 0.1) is 0 Å². The molecule has 5 rings (SSSR count). The molecule has 208 valence electrons. The van der Waals surface area contributed by atoms with Crippen LogP contribution in [0.1, 0.15) is 17.0 Å². The first kappa shape index (κ1) is 28.2. The van der Waals surface area contributed by atoms with Crippen molar-refractivity contribution in [3.8, 4) is 5.69 Å². The van der Waals surface area contributed by atoms with Gasteiger partial charge in [0.15, 0.2) is 0 Å². The summed E-state index contributed by atoms with van der Waals surface area (Å²) in [6, 6.07) is 16.3. The van der Waals surface area contributed by atoms with Gasteiger partial charge in [-0.05, 0) is 42.0 Å². The summed E-state index contributed by atoms with van der Waals surface area (Å²) in [4.78, 5) is 51.2. The van der Waals surface area contributed by atoms with E-state index in [0.29, 0.717) is 27.5 Å². The Morgan fingerprint density at radius 2 is 1.71 bits per heavy atom. The molecular formula is C27H19Cl3N6O5. The van der Waals surface area contributed by atoms with Crippen LogP contribution in [0.4, 0.5) is 11.4 Å². The van der Waals surface area contributed by atoms with Crippen LogP contribution in [0.3, 0.4) is 0 Å². The van der Waals surface area contributed by atoms with Crippen molar-refractivity contribution in [1.82, 2.24) is 14.8 Å². The summed E-state index contributed by atoms with van der Waals surface area (Å²) >= 11 is 19.6. The molecule has 1 aliphatic heterocycles. The molecule has 0 radical (unpaired) electrons. The van der Waals surface area contributed by atoms with Crippen LogP contribution in [0.15, 0.2) is 81.6 Å². The molecule has 1 atom stereocenters. The maximum atomic E-state index is 13.5. The number of H-pyrrole nitrogens is 1. The molecule has 1 amide bonds. The number of hydrazone groups is 1. The number of anilines is 2. The van der Waals surface area contributed by atoms with Crippen molar-refractivity contribution in [2.45, 2.75) is 5.92 Å².